The van der Waals surface area contributed by atoms with E-state index in [9.17, 15) is 4.39 Å². The van der Waals surface area contributed by atoms with Crippen LogP contribution in [0.4, 0.5) is 4.39 Å². The van der Waals surface area contributed by atoms with Crippen molar-refractivity contribution in [2.45, 2.75) is 18.8 Å². The predicted molar refractivity (Wildman–Crippen MR) is 67.7 cm³/mol. The minimum atomic E-state index is -0.156. The van der Waals surface area contributed by atoms with Crippen LogP contribution in [0.15, 0.2) is 31.2 Å². The number of imidazole rings is 1. The van der Waals surface area contributed by atoms with Crippen molar-refractivity contribution in [1.29, 1.82) is 0 Å². The highest BCUT2D eigenvalue weighted by molar-refractivity contribution is 5.79. The van der Waals surface area contributed by atoms with E-state index in [2.05, 4.69) is 16.5 Å². The Bertz CT molecular complexity index is 643. The molecule has 1 aromatic heterocycles. The van der Waals surface area contributed by atoms with E-state index in [-0.39, 0.29) is 5.82 Å². The van der Waals surface area contributed by atoms with Crippen LogP contribution in [0.1, 0.15) is 34.7 Å². The first-order chi connectivity index (χ1) is 8.74. The molecule has 2 aromatic rings. The fourth-order valence-electron chi connectivity index (χ4n) is 3.17. The van der Waals surface area contributed by atoms with Gasteiger partial charge in [-0.05, 0) is 59.1 Å². The van der Waals surface area contributed by atoms with Gasteiger partial charge in [-0.1, -0.05) is 6.58 Å². The van der Waals surface area contributed by atoms with Gasteiger partial charge < -0.3 is 4.98 Å². The lowest BCUT2D eigenvalue weighted by Gasteiger charge is -2.12. The Hall–Kier alpha value is -1.90. The third kappa shape index (κ3) is 1.30. The number of halogens is 1. The first-order valence-electron chi connectivity index (χ1n) is 6.24. The molecule has 4 rings (SSSR count). The highest BCUT2D eigenvalue weighted by Gasteiger charge is 2.46. The number of hydrogen-bond acceptors (Lipinski definition) is 1. The van der Waals surface area contributed by atoms with Gasteiger partial charge in [-0.25, -0.2) is 9.37 Å². The summed E-state index contributed by atoms with van der Waals surface area (Å²) in [5.74, 6) is 1.19. The number of hydrogen-bond donors (Lipinski definition) is 1. The van der Waals surface area contributed by atoms with E-state index in [1.54, 1.807) is 24.7 Å². The second kappa shape index (κ2) is 3.31. The van der Waals surface area contributed by atoms with E-state index in [1.165, 1.54) is 17.5 Å². The van der Waals surface area contributed by atoms with Crippen LogP contribution < -0.4 is 0 Å². The van der Waals surface area contributed by atoms with E-state index < -0.39 is 0 Å². The Balaban J connectivity index is 1.86. The Labute approximate surface area is 105 Å². The molecule has 0 aliphatic heterocycles. The molecule has 0 spiro atoms. The molecule has 1 fully saturated rings. The maximum absolute atomic E-state index is 13.7. The molecule has 1 N–H and O–H groups in total. The van der Waals surface area contributed by atoms with Gasteiger partial charge in [-0.3, -0.25) is 0 Å². The summed E-state index contributed by atoms with van der Waals surface area (Å²) in [5.41, 5.74) is 5.14. The summed E-state index contributed by atoms with van der Waals surface area (Å²) in [6, 6.07) is 3.31. The van der Waals surface area contributed by atoms with Gasteiger partial charge in [-0.2, -0.15) is 0 Å². The van der Waals surface area contributed by atoms with Crippen LogP contribution >= 0.6 is 0 Å². The molecular weight excluding hydrogens is 227 g/mol. The molecule has 0 bridgehead atoms. The number of rotatable bonds is 2. The van der Waals surface area contributed by atoms with E-state index >= 15 is 0 Å². The number of aromatic amines is 1. The van der Waals surface area contributed by atoms with Crippen LogP contribution in [0.2, 0.25) is 0 Å². The summed E-state index contributed by atoms with van der Waals surface area (Å²) in [4.78, 5) is 7.03. The standard InChI is InChI=1S/C15H13FN2/c1-8(15-6-17-7-18-15)11-4-10(16)5-14-12-2-9(12)3-13(11)14/h4-7,9,12H,1-3H2,(H,17,18). The summed E-state index contributed by atoms with van der Waals surface area (Å²) in [6.45, 7) is 4.09. The summed E-state index contributed by atoms with van der Waals surface area (Å²) in [5, 5.41) is 0. The molecule has 0 saturated heterocycles. The molecule has 90 valence electrons. The SMILES string of the molecule is C=C(c1cnc[nH]1)c1cc(F)cc2c1CC1CC21. The van der Waals surface area contributed by atoms with Crippen LogP contribution in [0.3, 0.4) is 0 Å². The van der Waals surface area contributed by atoms with Gasteiger partial charge in [0.05, 0.1) is 18.2 Å². The van der Waals surface area contributed by atoms with Crippen molar-refractivity contribution in [3.8, 4) is 0 Å². The number of aromatic nitrogens is 2. The maximum atomic E-state index is 13.7. The number of H-pyrrole nitrogens is 1. The molecule has 2 nitrogen and oxygen atoms in total. The van der Waals surface area contributed by atoms with Gasteiger partial charge in [0.2, 0.25) is 0 Å². The largest absolute Gasteiger partial charge is 0.345 e. The topological polar surface area (TPSA) is 28.7 Å². The summed E-state index contributed by atoms with van der Waals surface area (Å²) in [7, 11) is 0. The lowest BCUT2D eigenvalue weighted by Crippen LogP contribution is -1.98. The van der Waals surface area contributed by atoms with Crippen LogP contribution in [-0.2, 0) is 6.42 Å². The Morgan fingerprint density at radius 2 is 2.33 bits per heavy atom. The molecule has 1 saturated carbocycles. The summed E-state index contributed by atoms with van der Waals surface area (Å²) < 4.78 is 13.7. The average Bonchev–Trinajstić information content (AvgIpc) is 2.79. The van der Waals surface area contributed by atoms with E-state index in [4.69, 9.17) is 0 Å². The smallest absolute Gasteiger partial charge is 0.124 e. The first kappa shape index (κ1) is 10.1. The monoisotopic (exact) mass is 240 g/mol. The second-order valence-corrected chi connectivity index (χ2v) is 5.27. The molecule has 3 heteroatoms. The molecule has 2 atom stereocenters. The zero-order valence-corrected chi connectivity index (χ0v) is 9.91. The lowest BCUT2D eigenvalue weighted by atomic mass is 9.93. The Morgan fingerprint density at radius 3 is 3.11 bits per heavy atom. The third-order valence-electron chi connectivity index (χ3n) is 4.19. The zero-order chi connectivity index (χ0) is 12.3. The molecule has 2 aliphatic rings. The van der Waals surface area contributed by atoms with E-state index in [0.29, 0.717) is 5.92 Å². The molecule has 2 aliphatic carbocycles. The van der Waals surface area contributed by atoms with Crippen LogP contribution in [0, 0.1) is 11.7 Å². The normalized spacial score (nSPS) is 23.6. The fourth-order valence-corrected chi connectivity index (χ4v) is 3.17. The van der Waals surface area contributed by atoms with Gasteiger partial charge in [0.15, 0.2) is 0 Å². The van der Waals surface area contributed by atoms with Crippen molar-refractivity contribution in [3.63, 3.8) is 0 Å². The van der Waals surface area contributed by atoms with Crippen molar-refractivity contribution in [2.75, 3.05) is 0 Å². The van der Waals surface area contributed by atoms with Crippen molar-refractivity contribution in [3.05, 3.63) is 59.4 Å². The highest BCUT2D eigenvalue weighted by Crippen LogP contribution is 2.57. The van der Waals surface area contributed by atoms with Crippen LogP contribution in [0.25, 0.3) is 5.57 Å². The molecule has 18 heavy (non-hydrogen) atoms. The minimum absolute atomic E-state index is 0.156. The Morgan fingerprint density at radius 1 is 1.44 bits per heavy atom. The van der Waals surface area contributed by atoms with Gasteiger partial charge in [0, 0.05) is 0 Å². The lowest BCUT2D eigenvalue weighted by molar-refractivity contribution is 0.625. The van der Waals surface area contributed by atoms with Gasteiger partial charge >= 0.3 is 0 Å². The highest BCUT2D eigenvalue weighted by atomic mass is 19.1. The van der Waals surface area contributed by atoms with E-state index in [0.717, 1.165) is 29.2 Å². The van der Waals surface area contributed by atoms with Crippen molar-refractivity contribution < 1.29 is 4.39 Å². The van der Waals surface area contributed by atoms with Crippen molar-refractivity contribution in [2.24, 2.45) is 5.92 Å². The molecule has 1 heterocycles. The molecule has 0 amide bonds. The van der Waals surface area contributed by atoms with Crippen molar-refractivity contribution in [1.82, 2.24) is 9.97 Å². The van der Waals surface area contributed by atoms with Crippen LogP contribution in [0.5, 0.6) is 0 Å². The Kier molecular flexibility index (Phi) is 1.85. The molecule has 0 radical (unpaired) electrons. The number of fused-ring (bicyclic) bond motifs is 3. The third-order valence-corrected chi connectivity index (χ3v) is 4.19. The van der Waals surface area contributed by atoms with Gasteiger partial charge in [-0.15, -0.1) is 0 Å². The average molecular weight is 240 g/mol. The number of nitrogens with one attached hydrogen (secondary N) is 1. The summed E-state index contributed by atoms with van der Waals surface area (Å²) in [6.07, 6.45) is 5.65. The second-order valence-electron chi connectivity index (χ2n) is 5.27. The van der Waals surface area contributed by atoms with Crippen LogP contribution in [-0.4, -0.2) is 9.97 Å². The van der Waals surface area contributed by atoms with Gasteiger partial charge in [0.25, 0.3) is 0 Å². The predicted octanol–water partition coefficient (Wildman–Crippen LogP) is 3.27. The maximum Gasteiger partial charge on any atom is 0.124 e. The minimum Gasteiger partial charge on any atom is -0.345 e. The van der Waals surface area contributed by atoms with Crippen molar-refractivity contribution >= 4 is 5.57 Å². The quantitative estimate of drug-likeness (QED) is 0.857. The molecule has 2 unspecified atom stereocenters. The summed E-state index contributed by atoms with van der Waals surface area (Å²) >= 11 is 0. The molecule has 1 aromatic carbocycles. The molecular formula is C15H13FN2. The van der Waals surface area contributed by atoms with Gasteiger partial charge in [0.1, 0.15) is 5.82 Å². The fraction of sp³-hybridized carbons (Fsp3) is 0.267. The van der Waals surface area contributed by atoms with E-state index in [1.807, 2.05) is 0 Å². The number of nitrogens with zero attached hydrogens (tertiary/aromatic N) is 1. The number of benzene rings is 1. The zero-order valence-electron chi connectivity index (χ0n) is 9.91. The first-order valence-corrected chi connectivity index (χ1v) is 6.24.